The quantitative estimate of drug-likeness (QED) is 0.766. The third-order valence-corrected chi connectivity index (χ3v) is 2.88. The molecule has 1 atom stereocenters. The molecule has 0 fully saturated rings. The number of nitrogens with one attached hydrogen (secondary N) is 1. The molecular weight excluding hydrogens is 258 g/mol. The molecule has 0 heterocycles. The lowest BCUT2D eigenvalue weighted by Crippen LogP contribution is -2.40. The molecule has 1 unspecified atom stereocenters. The van der Waals surface area contributed by atoms with Crippen molar-refractivity contribution in [3.63, 3.8) is 0 Å². The second-order valence-electron chi connectivity index (χ2n) is 4.46. The highest BCUT2D eigenvalue weighted by Gasteiger charge is 2.19. The lowest BCUT2D eigenvalue weighted by molar-refractivity contribution is -0.139. The molecule has 0 spiro atoms. The van der Waals surface area contributed by atoms with Crippen molar-refractivity contribution in [2.24, 2.45) is 0 Å². The van der Waals surface area contributed by atoms with E-state index in [4.69, 9.17) is 9.84 Å². The van der Waals surface area contributed by atoms with Crippen LogP contribution in [-0.2, 0) is 4.79 Å². The fraction of sp³-hybridized carbons (Fsp3) is 0.467. The Morgan fingerprint density at radius 1 is 1.25 bits per heavy atom. The van der Waals surface area contributed by atoms with E-state index < -0.39 is 12.0 Å². The number of carbonyl (C=O) groups excluding carboxylic acids is 1. The van der Waals surface area contributed by atoms with Gasteiger partial charge in [-0.25, -0.2) is 4.79 Å². The number of hydrogen-bond acceptors (Lipinski definition) is 3. The Hall–Kier alpha value is -2.04. The molecule has 0 saturated heterocycles. The molecule has 1 rings (SSSR count). The first kappa shape index (κ1) is 16.0. The van der Waals surface area contributed by atoms with Crippen molar-refractivity contribution < 1.29 is 19.4 Å². The summed E-state index contributed by atoms with van der Waals surface area (Å²) in [7, 11) is 0. The molecule has 1 aromatic rings. The number of carboxylic acid groups (broad SMARTS) is 1. The predicted octanol–water partition coefficient (Wildman–Crippen LogP) is 2.46. The number of benzene rings is 1. The zero-order valence-corrected chi connectivity index (χ0v) is 11.9. The average Bonchev–Trinajstić information content (AvgIpc) is 2.44. The average molecular weight is 279 g/mol. The Kier molecular flexibility index (Phi) is 6.56. The van der Waals surface area contributed by atoms with Gasteiger partial charge in [-0.2, -0.15) is 0 Å². The molecule has 0 radical (unpaired) electrons. The van der Waals surface area contributed by atoms with Gasteiger partial charge in [0.15, 0.2) is 0 Å². The fourth-order valence-electron chi connectivity index (χ4n) is 1.78. The molecule has 0 aromatic heterocycles. The monoisotopic (exact) mass is 279 g/mol. The summed E-state index contributed by atoms with van der Waals surface area (Å²) in [5, 5.41) is 11.6. The van der Waals surface area contributed by atoms with Crippen LogP contribution in [0.5, 0.6) is 5.75 Å². The zero-order valence-electron chi connectivity index (χ0n) is 11.9. The van der Waals surface area contributed by atoms with E-state index in [0.29, 0.717) is 24.3 Å². The number of rotatable bonds is 8. The molecule has 20 heavy (non-hydrogen) atoms. The number of ether oxygens (including phenoxy) is 1. The van der Waals surface area contributed by atoms with Crippen LogP contribution in [0.15, 0.2) is 24.3 Å². The second-order valence-corrected chi connectivity index (χ2v) is 4.46. The van der Waals surface area contributed by atoms with Gasteiger partial charge in [-0.05, 0) is 37.6 Å². The van der Waals surface area contributed by atoms with E-state index in [1.165, 1.54) is 0 Å². The Morgan fingerprint density at radius 3 is 2.40 bits per heavy atom. The summed E-state index contributed by atoms with van der Waals surface area (Å²) in [5.74, 6) is -0.695. The van der Waals surface area contributed by atoms with Crippen molar-refractivity contribution in [2.45, 2.75) is 39.2 Å². The van der Waals surface area contributed by atoms with Gasteiger partial charge in [-0.3, -0.25) is 4.79 Å². The van der Waals surface area contributed by atoms with Crippen molar-refractivity contribution in [3.8, 4) is 5.75 Å². The van der Waals surface area contributed by atoms with Gasteiger partial charge in [0.2, 0.25) is 0 Å². The lowest BCUT2D eigenvalue weighted by Gasteiger charge is -2.14. The summed E-state index contributed by atoms with van der Waals surface area (Å²) in [4.78, 5) is 23.1. The largest absolute Gasteiger partial charge is 0.494 e. The number of amides is 1. The minimum atomic E-state index is -1.00. The predicted molar refractivity (Wildman–Crippen MR) is 76.0 cm³/mol. The topological polar surface area (TPSA) is 75.6 Å². The van der Waals surface area contributed by atoms with Crippen LogP contribution in [0.25, 0.3) is 0 Å². The Bertz CT molecular complexity index is 442. The van der Waals surface area contributed by atoms with Crippen molar-refractivity contribution in [1.29, 1.82) is 0 Å². The van der Waals surface area contributed by atoms with E-state index in [-0.39, 0.29) is 5.91 Å². The normalized spacial score (nSPS) is 11.7. The van der Waals surface area contributed by atoms with Crippen LogP contribution in [0.3, 0.4) is 0 Å². The minimum absolute atomic E-state index is 0.378. The van der Waals surface area contributed by atoms with Gasteiger partial charge < -0.3 is 15.2 Å². The van der Waals surface area contributed by atoms with Crippen molar-refractivity contribution in [3.05, 3.63) is 29.8 Å². The van der Waals surface area contributed by atoms with Crippen LogP contribution in [-0.4, -0.2) is 29.6 Å². The molecule has 0 aliphatic heterocycles. The SMILES string of the molecule is CCCCC(NC(=O)c1ccc(OCC)cc1)C(=O)O. The molecule has 0 saturated carbocycles. The summed E-state index contributed by atoms with van der Waals surface area (Å²) in [6.45, 7) is 4.42. The molecular formula is C15H21NO4. The van der Waals surface area contributed by atoms with Crippen molar-refractivity contribution in [2.75, 3.05) is 6.61 Å². The van der Waals surface area contributed by atoms with E-state index in [1.807, 2.05) is 13.8 Å². The fourth-order valence-corrected chi connectivity index (χ4v) is 1.78. The summed E-state index contributed by atoms with van der Waals surface area (Å²) >= 11 is 0. The molecule has 5 heteroatoms. The van der Waals surface area contributed by atoms with Gasteiger partial charge in [-0.15, -0.1) is 0 Å². The summed E-state index contributed by atoms with van der Waals surface area (Å²) in [5.41, 5.74) is 0.427. The molecule has 0 bridgehead atoms. The van der Waals surface area contributed by atoms with Gasteiger partial charge in [0.1, 0.15) is 11.8 Å². The second kappa shape index (κ2) is 8.19. The standard InChI is InChI=1S/C15H21NO4/c1-3-5-6-13(15(18)19)16-14(17)11-7-9-12(10-8-11)20-4-2/h7-10,13H,3-6H2,1-2H3,(H,16,17)(H,18,19). The molecule has 2 N–H and O–H groups in total. The summed E-state index contributed by atoms with van der Waals surface area (Å²) in [6, 6.07) is 5.80. The molecule has 0 aliphatic rings. The van der Waals surface area contributed by atoms with Crippen molar-refractivity contribution in [1.82, 2.24) is 5.32 Å². The number of hydrogen-bond donors (Lipinski definition) is 2. The first-order valence-electron chi connectivity index (χ1n) is 6.85. The maximum atomic E-state index is 12.0. The van der Waals surface area contributed by atoms with Gasteiger partial charge >= 0.3 is 5.97 Å². The highest BCUT2D eigenvalue weighted by atomic mass is 16.5. The molecule has 0 aliphatic carbocycles. The number of carbonyl (C=O) groups is 2. The minimum Gasteiger partial charge on any atom is -0.494 e. The first-order chi connectivity index (χ1) is 9.58. The van der Waals surface area contributed by atoms with E-state index in [9.17, 15) is 9.59 Å². The van der Waals surface area contributed by atoms with Crippen LogP contribution in [0, 0.1) is 0 Å². The molecule has 1 amide bonds. The molecule has 110 valence electrons. The first-order valence-corrected chi connectivity index (χ1v) is 6.85. The number of aliphatic carboxylic acids is 1. The lowest BCUT2D eigenvalue weighted by atomic mass is 10.1. The third-order valence-electron chi connectivity index (χ3n) is 2.88. The van der Waals surface area contributed by atoms with Crippen molar-refractivity contribution >= 4 is 11.9 Å². The van der Waals surface area contributed by atoms with Gasteiger partial charge in [0, 0.05) is 5.56 Å². The van der Waals surface area contributed by atoms with Gasteiger partial charge in [-0.1, -0.05) is 19.8 Å². The Labute approximate surface area is 118 Å². The number of unbranched alkanes of at least 4 members (excludes halogenated alkanes) is 1. The maximum absolute atomic E-state index is 12.0. The Morgan fingerprint density at radius 2 is 1.90 bits per heavy atom. The van der Waals surface area contributed by atoms with E-state index in [0.717, 1.165) is 12.8 Å². The van der Waals surface area contributed by atoms with Crippen LogP contribution < -0.4 is 10.1 Å². The summed E-state index contributed by atoms with van der Waals surface area (Å²) < 4.78 is 5.29. The van der Waals surface area contributed by atoms with E-state index >= 15 is 0 Å². The van der Waals surface area contributed by atoms with Crippen LogP contribution in [0.4, 0.5) is 0 Å². The van der Waals surface area contributed by atoms with Gasteiger partial charge in [0.05, 0.1) is 6.61 Å². The zero-order chi connectivity index (χ0) is 15.0. The Balaban J connectivity index is 2.65. The third kappa shape index (κ3) is 4.91. The van der Waals surface area contributed by atoms with Crippen LogP contribution in [0.2, 0.25) is 0 Å². The van der Waals surface area contributed by atoms with E-state index in [2.05, 4.69) is 5.32 Å². The molecule has 1 aromatic carbocycles. The maximum Gasteiger partial charge on any atom is 0.326 e. The summed E-state index contributed by atoms with van der Waals surface area (Å²) in [6.07, 6.45) is 2.10. The van der Waals surface area contributed by atoms with Gasteiger partial charge in [0.25, 0.3) is 5.91 Å². The smallest absolute Gasteiger partial charge is 0.326 e. The molecule has 5 nitrogen and oxygen atoms in total. The highest BCUT2D eigenvalue weighted by molar-refractivity contribution is 5.96. The van der Waals surface area contributed by atoms with E-state index in [1.54, 1.807) is 24.3 Å². The van der Waals surface area contributed by atoms with Crippen LogP contribution >= 0.6 is 0 Å². The highest BCUT2D eigenvalue weighted by Crippen LogP contribution is 2.12. The van der Waals surface area contributed by atoms with Crippen LogP contribution in [0.1, 0.15) is 43.5 Å². The number of carboxylic acids is 1.